The summed E-state index contributed by atoms with van der Waals surface area (Å²) in [4.78, 5) is 50.1. The fourth-order valence-corrected chi connectivity index (χ4v) is 6.48. The van der Waals surface area contributed by atoms with E-state index in [1.807, 2.05) is 35.4 Å². The van der Waals surface area contributed by atoms with Gasteiger partial charge in [-0.3, -0.25) is 19.3 Å². The van der Waals surface area contributed by atoms with Crippen molar-refractivity contribution in [3.05, 3.63) is 81.3 Å². The van der Waals surface area contributed by atoms with Gasteiger partial charge in [-0.05, 0) is 49.4 Å². The smallest absolute Gasteiger partial charge is 0.264 e. The van der Waals surface area contributed by atoms with Gasteiger partial charge in [-0.15, -0.1) is 11.3 Å². The first-order chi connectivity index (χ1) is 17.5. The molecule has 3 amide bonds. The van der Waals surface area contributed by atoms with E-state index in [2.05, 4.69) is 28.1 Å². The van der Waals surface area contributed by atoms with Gasteiger partial charge in [-0.25, -0.2) is 4.98 Å². The van der Waals surface area contributed by atoms with Gasteiger partial charge in [0.15, 0.2) is 0 Å². The third kappa shape index (κ3) is 3.80. The number of aromatic nitrogens is 1. The Labute approximate surface area is 214 Å². The maximum Gasteiger partial charge on any atom is 0.264 e. The minimum absolute atomic E-state index is 0.127. The van der Waals surface area contributed by atoms with Gasteiger partial charge in [0.25, 0.3) is 11.8 Å². The zero-order chi connectivity index (χ0) is 24.8. The van der Waals surface area contributed by atoms with Gasteiger partial charge in [-0.1, -0.05) is 30.3 Å². The molecule has 0 bridgehead atoms. The number of nitrogens with zero attached hydrogens (tertiary/aromatic N) is 4. The monoisotopic (exact) mass is 500 g/mol. The molecule has 36 heavy (non-hydrogen) atoms. The molecule has 3 aromatic rings. The summed E-state index contributed by atoms with van der Waals surface area (Å²) in [6.07, 6.45) is 4.27. The molecule has 3 aliphatic rings. The van der Waals surface area contributed by atoms with E-state index in [4.69, 9.17) is 0 Å². The molecule has 0 saturated carbocycles. The lowest BCUT2D eigenvalue weighted by Crippen LogP contribution is -2.46. The minimum Gasteiger partial charge on any atom is -0.370 e. The summed E-state index contributed by atoms with van der Waals surface area (Å²) in [5.74, 6) is -0.508. The number of fused-ring (bicyclic) bond motifs is 2. The number of hydrogen-bond acceptors (Lipinski definition) is 6. The zero-order valence-electron chi connectivity index (χ0n) is 20.2. The lowest BCUT2D eigenvalue weighted by atomic mass is 9.93. The molecule has 184 valence electrons. The van der Waals surface area contributed by atoms with Crippen molar-refractivity contribution in [3.8, 4) is 0 Å². The first kappa shape index (κ1) is 22.9. The molecule has 0 spiro atoms. The van der Waals surface area contributed by atoms with Gasteiger partial charge < -0.3 is 9.80 Å². The van der Waals surface area contributed by atoms with Gasteiger partial charge >= 0.3 is 0 Å². The summed E-state index contributed by atoms with van der Waals surface area (Å²) in [7, 11) is 0. The number of imide groups is 1. The molecule has 1 saturated heterocycles. The Morgan fingerprint density at radius 1 is 1.06 bits per heavy atom. The highest BCUT2D eigenvalue weighted by Crippen LogP contribution is 2.38. The molecule has 7 nitrogen and oxygen atoms in total. The molecular weight excluding hydrogens is 472 g/mol. The number of hydrogen-bond donors (Lipinski definition) is 0. The molecule has 3 aliphatic heterocycles. The van der Waals surface area contributed by atoms with Crippen LogP contribution in [0.2, 0.25) is 0 Å². The van der Waals surface area contributed by atoms with Gasteiger partial charge in [0, 0.05) is 37.8 Å². The molecule has 0 aliphatic carbocycles. The highest BCUT2D eigenvalue weighted by Gasteiger charge is 2.42. The Morgan fingerprint density at radius 3 is 2.69 bits per heavy atom. The number of benzene rings is 2. The quantitative estimate of drug-likeness (QED) is 0.500. The van der Waals surface area contributed by atoms with E-state index in [1.54, 1.807) is 12.3 Å². The summed E-state index contributed by atoms with van der Waals surface area (Å²) in [6, 6.07) is 13.4. The average Bonchev–Trinajstić information content (AvgIpc) is 3.55. The Hall–Kier alpha value is -3.52. The van der Waals surface area contributed by atoms with Crippen molar-refractivity contribution in [2.75, 3.05) is 24.5 Å². The topological polar surface area (TPSA) is 73.8 Å². The lowest BCUT2D eigenvalue weighted by molar-refractivity contribution is -0.136. The van der Waals surface area contributed by atoms with Gasteiger partial charge in [0.05, 0.1) is 28.8 Å². The lowest BCUT2D eigenvalue weighted by Gasteiger charge is -2.38. The molecule has 2 aromatic carbocycles. The van der Waals surface area contributed by atoms with Crippen molar-refractivity contribution in [1.29, 1.82) is 0 Å². The van der Waals surface area contributed by atoms with Crippen molar-refractivity contribution in [3.63, 3.8) is 0 Å². The zero-order valence-corrected chi connectivity index (χ0v) is 21.0. The molecule has 0 radical (unpaired) electrons. The molecule has 4 heterocycles. The predicted molar refractivity (Wildman–Crippen MR) is 138 cm³/mol. The Kier molecular flexibility index (Phi) is 5.84. The van der Waals surface area contributed by atoms with Crippen LogP contribution in [-0.4, -0.2) is 52.1 Å². The molecule has 1 aromatic heterocycles. The van der Waals surface area contributed by atoms with Crippen molar-refractivity contribution in [1.82, 2.24) is 14.8 Å². The van der Waals surface area contributed by atoms with E-state index < -0.39 is 6.04 Å². The van der Waals surface area contributed by atoms with Crippen molar-refractivity contribution >= 4 is 34.7 Å². The van der Waals surface area contributed by atoms with Crippen LogP contribution < -0.4 is 4.90 Å². The Balaban J connectivity index is 1.23. The van der Waals surface area contributed by atoms with Gasteiger partial charge in [-0.2, -0.15) is 0 Å². The van der Waals surface area contributed by atoms with E-state index in [1.165, 1.54) is 27.4 Å². The second-order valence-electron chi connectivity index (χ2n) is 9.79. The number of carbonyl (C=O) groups excluding carboxylic acids is 3. The second-order valence-corrected chi connectivity index (χ2v) is 10.7. The fraction of sp³-hybridized carbons (Fsp3) is 0.357. The summed E-state index contributed by atoms with van der Waals surface area (Å²) in [5, 5.41) is 2.58. The normalized spacial score (nSPS) is 20.4. The van der Waals surface area contributed by atoms with Crippen LogP contribution in [0.5, 0.6) is 0 Å². The molecule has 0 unspecified atom stereocenters. The van der Waals surface area contributed by atoms with Crippen molar-refractivity contribution in [2.45, 2.75) is 38.8 Å². The van der Waals surface area contributed by atoms with Crippen LogP contribution >= 0.6 is 11.3 Å². The van der Waals surface area contributed by atoms with Crippen molar-refractivity contribution < 1.29 is 14.4 Å². The number of carbonyl (C=O) groups is 3. The van der Waals surface area contributed by atoms with Crippen LogP contribution in [0.4, 0.5) is 5.69 Å². The van der Waals surface area contributed by atoms with Crippen LogP contribution in [0, 0.1) is 5.92 Å². The molecule has 6 rings (SSSR count). The second kappa shape index (κ2) is 9.17. The van der Waals surface area contributed by atoms with E-state index in [-0.39, 0.29) is 23.6 Å². The first-order valence-electron chi connectivity index (χ1n) is 12.5. The highest BCUT2D eigenvalue weighted by atomic mass is 32.1. The molecule has 8 heteroatoms. The van der Waals surface area contributed by atoms with Crippen LogP contribution in [0.3, 0.4) is 0 Å². The summed E-state index contributed by atoms with van der Waals surface area (Å²) < 4.78 is 0. The van der Waals surface area contributed by atoms with Crippen LogP contribution in [0.1, 0.15) is 62.7 Å². The van der Waals surface area contributed by atoms with E-state index in [0.717, 1.165) is 43.0 Å². The summed E-state index contributed by atoms with van der Waals surface area (Å²) >= 11 is 1.44. The number of thiazole rings is 1. The number of amides is 3. The number of rotatable bonds is 4. The van der Waals surface area contributed by atoms with Crippen LogP contribution in [0.15, 0.2) is 54.0 Å². The van der Waals surface area contributed by atoms with Gasteiger partial charge in [0.1, 0.15) is 5.01 Å². The van der Waals surface area contributed by atoms with Crippen LogP contribution in [-0.2, 0) is 17.8 Å². The predicted octanol–water partition coefficient (Wildman–Crippen LogP) is 4.30. The summed E-state index contributed by atoms with van der Waals surface area (Å²) in [5.41, 5.74) is 4.18. The SMILES string of the molecule is C[C@H](c1nccs1)N1C(=O)c2cccc(N3CCC[C@H](C(=O)N4CCc5ccccc5C4)C3)c2C1=O. The third-order valence-corrected chi connectivity index (χ3v) is 8.62. The number of anilines is 1. The highest BCUT2D eigenvalue weighted by molar-refractivity contribution is 7.09. The average molecular weight is 501 g/mol. The molecule has 0 N–H and O–H groups in total. The summed E-state index contributed by atoms with van der Waals surface area (Å²) in [6.45, 7) is 4.54. The van der Waals surface area contributed by atoms with Gasteiger partial charge in [0.2, 0.25) is 5.91 Å². The molecular formula is C28H28N4O3S. The van der Waals surface area contributed by atoms with E-state index in [9.17, 15) is 14.4 Å². The van der Waals surface area contributed by atoms with Crippen LogP contribution in [0.25, 0.3) is 0 Å². The standard InChI is InChI=1S/C28H28N4O3S/c1-18(25-29-12-15-36-25)32-27(34)22-9-4-10-23(24(22)28(32)35)30-13-5-8-21(17-30)26(33)31-14-11-19-6-2-3-7-20(19)16-31/h2-4,6-7,9-10,12,15,18,21H,5,8,11,13-14,16-17H2,1H3/t18-,21+/m1/s1. The maximum atomic E-state index is 13.6. The molecule has 2 atom stereocenters. The molecule has 1 fully saturated rings. The Morgan fingerprint density at radius 2 is 1.89 bits per heavy atom. The minimum atomic E-state index is -0.428. The van der Waals surface area contributed by atoms with E-state index >= 15 is 0 Å². The maximum absolute atomic E-state index is 13.6. The Bertz CT molecular complexity index is 1340. The fourth-order valence-electron chi connectivity index (χ4n) is 5.79. The first-order valence-corrected chi connectivity index (χ1v) is 13.4. The van der Waals surface area contributed by atoms with Crippen molar-refractivity contribution in [2.24, 2.45) is 5.92 Å². The number of piperidine rings is 1. The largest absolute Gasteiger partial charge is 0.370 e. The third-order valence-electron chi connectivity index (χ3n) is 7.67. The van der Waals surface area contributed by atoms with E-state index in [0.29, 0.717) is 24.2 Å².